The maximum absolute atomic E-state index is 9.06. The monoisotopic (exact) mass is 254 g/mol. The Bertz CT molecular complexity index is 379. The minimum Gasteiger partial charge on any atom is -0.395 e. The number of hydrogen-bond acceptors (Lipinski definition) is 6. The van der Waals surface area contributed by atoms with Gasteiger partial charge in [-0.2, -0.15) is 0 Å². The highest BCUT2D eigenvalue weighted by molar-refractivity contribution is 5.56. The first-order valence-corrected chi connectivity index (χ1v) is 6.23. The van der Waals surface area contributed by atoms with Gasteiger partial charge in [0.1, 0.15) is 17.5 Å². The van der Waals surface area contributed by atoms with Gasteiger partial charge in [-0.1, -0.05) is 6.92 Å². The van der Waals surface area contributed by atoms with Crippen molar-refractivity contribution in [2.45, 2.75) is 26.7 Å². The van der Waals surface area contributed by atoms with Crippen LogP contribution in [0.1, 0.15) is 24.7 Å². The van der Waals surface area contributed by atoms with Crippen LogP contribution in [0.3, 0.4) is 0 Å². The highest BCUT2D eigenvalue weighted by atomic mass is 16.3. The number of aryl methyl sites for hydroxylation is 1. The molecule has 18 heavy (non-hydrogen) atoms. The van der Waals surface area contributed by atoms with Crippen LogP contribution in [-0.2, 0) is 6.42 Å². The van der Waals surface area contributed by atoms with Crippen molar-refractivity contribution < 1.29 is 10.2 Å². The zero-order valence-corrected chi connectivity index (χ0v) is 11.1. The summed E-state index contributed by atoms with van der Waals surface area (Å²) in [6.07, 6.45) is 1.71. The Balaban J connectivity index is 3.09. The molecule has 0 aliphatic rings. The van der Waals surface area contributed by atoms with E-state index in [0.717, 1.165) is 18.4 Å². The number of anilines is 2. The van der Waals surface area contributed by atoms with Crippen molar-refractivity contribution in [1.29, 1.82) is 0 Å². The maximum atomic E-state index is 9.06. The van der Waals surface area contributed by atoms with E-state index in [1.807, 2.05) is 11.8 Å². The van der Waals surface area contributed by atoms with Crippen molar-refractivity contribution >= 4 is 11.6 Å². The lowest BCUT2D eigenvalue weighted by molar-refractivity contribution is 0.280. The van der Waals surface area contributed by atoms with Crippen LogP contribution in [-0.4, -0.2) is 46.5 Å². The molecule has 1 aromatic heterocycles. The van der Waals surface area contributed by atoms with Crippen molar-refractivity contribution in [3.8, 4) is 0 Å². The van der Waals surface area contributed by atoms with Crippen molar-refractivity contribution in [1.82, 2.24) is 9.97 Å². The summed E-state index contributed by atoms with van der Waals surface area (Å²) in [5, 5.41) is 18.1. The molecule has 0 spiro atoms. The van der Waals surface area contributed by atoms with Crippen LogP contribution in [0.15, 0.2) is 0 Å². The van der Waals surface area contributed by atoms with E-state index in [-0.39, 0.29) is 13.2 Å². The lowest BCUT2D eigenvalue weighted by Gasteiger charge is -2.24. The van der Waals surface area contributed by atoms with Gasteiger partial charge in [0.2, 0.25) is 0 Å². The molecule has 0 saturated carbocycles. The van der Waals surface area contributed by atoms with Gasteiger partial charge in [-0.3, -0.25) is 0 Å². The quantitative estimate of drug-likeness (QED) is 0.639. The van der Waals surface area contributed by atoms with Crippen LogP contribution < -0.4 is 10.6 Å². The lowest BCUT2D eigenvalue weighted by atomic mass is 10.2. The second kappa shape index (κ2) is 7.13. The molecule has 102 valence electrons. The Morgan fingerprint density at radius 2 is 1.78 bits per heavy atom. The number of rotatable bonds is 7. The molecule has 0 aliphatic heterocycles. The smallest absolute Gasteiger partial charge is 0.137 e. The molecule has 0 fully saturated rings. The number of aromatic nitrogens is 2. The van der Waals surface area contributed by atoms with Gasteiger partial charge < -0.3 is 20.8 Å². The fraction of sp³-hybridized carbons (Fsp3) is 0.667. The summed E-state index contributed by atoms with van der Waals surface area (Å²) in [4.78, 5) is 10.5. The Labute approximate surface area is 107 Å². The molecule has 1 heterocycles. The second-order valence-electron chi connectivity index (χ2n) is 4.16. The molecule has 0 saturated heterocycles. The fourth-order valence-corrected chi connectivity index (χ4v) is 1.78. The Kier molecular flexibility index (Phi) is 5.80. The van der Waals surface area contributed by atoms with Crippen LogP contribution in [0, 0.1) is 6.92 Å². The molecular weight excluding hydrogens is 232 g/mol. The van der Waals surface area contributed by atoms with E-state index in [9.17, 15) is 0 Å². The third-order valence-electron chi connectivity index (χ3n) is 2.72. The minimum absolute atomic E-state index is 0.00641. The summed E-state index contributed by atoms with van der Waals surface area (Å²) in [5.74, 6) is 1.87. The van der Waals surface area contributed by atoms with Crippen molar-refractivity contribution in [3.63, 3.8) is 0 Å². The molecule has 4 N–H and O–H groups in total. The SMILES string of the molecule is CCCc1nc(N)c(C)c(N(CCO)CCO)n1. The third kappa shape index (κ3) is 3.54. The topological polar surface area (TPSA) is 95.5 Å². The Morgan fingerprint density at radius 3 is 2.28 bits per heavy atom. The average Bonchev–Trinajstić information content (AvgIpc) is 2.34. The van der Waals surface area contributed by atoms with Gasteiger partial charge >= 0.3 is 0 Å². The molecule has 0 amide bonds. The van der Waals surface area contributed by atoms with Gasteiger partial charge in [0, 0.05) is 25.1 Å². The summed E-state index contributed by atoms with van der Waals surface area (Å²) in [5.41, 5.74) is 6.67. The predicted octanol–water partition coefficient (Wildman–Crippen LogP) is 0.111. The second-order valence-corrected chi connectivity index (χ2v) is 4.16. The highest BCUT2D eigenvalue weighted by Gasteiger charge is 2.14. The largest absolute Gasteiger partial charge is 0.395 e. The molecule has 1 aromatic rings. The number of nitrogens with two attached hydrogens (primary N) is 1. The zero-order valence-electron chi connectivity index (χ0n) is 11.1. The van der Waals surface area contributed by atoms with Crippen LogP contribution >= 0.6 is 0 Å². The van der Waals surface area contributed by atoms with E-state index >= 15 is 0 Å². The standard InChI is InChI=1S/C12H22N4O2/c1-3-4-10-14-11(13)9(2)12(15-10)16(5-7-17)6-8-18/h17-18H,3-8H2,1-2H3,(H2,13,14,15). The molecule has 0 aliphatic carbocycles. The first-order valence-electron chi connectivity index (χ1n) is 6.23. The molecule has 0 bridgehead atoms. The molecule has 0 aromatic carbocycles. The summed E-state index contributed by atoms with van der Waals surface area (Å²) < 4.78 is 0. The van der Waals surface area contributed by atoms with Gasteiger partial charge in [0.25, 0.3) is 0 Å². The first-order chi connectivity index (χ1) is 8.63. The van der Waals surface area contributed by atoms with Gasteiger partial charge in [-0.15, -0.1) is 0 Å². The fourth-order valence-electron chi connectivity index (χ4n) is 1.78. The van der Waals surface area contributed by atoms with Crippen molar-refractivity contribution in [3.05, 3.63) is 11.4 Å². The summed E-state index contributed by atoms with van der Waals surface area (Å²) in [6.45, 7) is 4.76. The zero-order chi connectivity index (χ0) is 13.5. The molecule has 1 rings (SSSR count). The van der Waals surface area contributed by atoms with Gasteiger partial charge in [0.15, 0.2) is 0 Å². The van der Waals surface area contributed by atoms with E-state index in [4.69, 9.17) is 15.9 Å². The van der Waals surface area contributed by atoms with E-state index in [0.29, 0.717) is 30.5 Å². The van der Waals surface area contributed by atoms with Gasteiger partial charge in [-0.25, -0.2) is 9.97 Å². The third-order valence-corrected chi connectivity index (χ3v) is 2.72. The Morgan fingerprint density at radius 1 is 1.17 bits per heavy atom. The number of aliphatic hydroxyl groups excluding tert-OH is 2. The van der Waals surface area contributed by atoms with E-state index in [1.54, 1.807) is 0 Å². The van der Waals surface area contributed by atoms with Crippen molar-refractivity contribution in [2.75, 3.05) is 36.9 Å². The van der Waals surface area contributed by atoms with Crippen LogP contribution in [0.5, 0.6) is 0 Å². The van der Waals surface area contributed by atoms with Crippen LogP contribution in [0.25, 0.3) is 0 Å². The summed E-state index contributed by atoms with van der Waals surface area (Å²) in [6, 6.07) is 0. The average molecular weight is 254 g/mol. The normalized spacial score (nSPS) is 10.7. The van der Waals surface area contributed by atoms with E-state index < -0.39 is 0 Å². The summed E-state index contributed by atoms with van der Waals surface area (Å²) in [7, 11) is 0. The maximum Gasteiger partial charge on any atom is 0.137 e. The number of aliphatic hydroxyl groups is 2. The molecule has 0 atom stereocenters. The van der Waals surface area contributed by atoms with Crippen LogP contribution in [0.4, 0.5) is 11.6 Å². The van der Waals surface area contributed by atoms with Gasteiger partial charge in [-0.05, 0) is 13.3 Å². The Hall–Kier alpha value is -1.40. The highest BCUT2D eigenvalue weighted by Crippen LogP contribution is 2.21. The van der Waals surface area contributed by atoms with E-state index in [1.165, 1.54) is 0 Å². The lowest BCUT2D eigenvalue weighted by Crippen LogP contribution is -2.31. The first kappa shape index (κ1) is 14.7. The van der Waals surface area contributed by atoms with Crippen LogP contribution in [0.2, 0.25) is 0 Å². The van der Waals surface area contributed by atoms with E-state index in [2.05, 4.69) is 16.9 Å². The summed E-state index contributed by atoms with van der Waals surface area (Å²) >= 11 is 0. The molecule has 0 radical (unpaired) electrons. The minimum atomic E-state index is 0.00641. The number of nitrogens with zero attached hydrogens (tertiary/aromatic N) is 3. The predicted molar refractivity (Wildman–Crippen MR) is 71.6 cm³/mol. The molecule has 6 heteroatoms. The van der Waals surface area contributed by atoms with Crippen molar-refractivity contribution in [2.24, 2.45) is 0 Å². The number of hydrogen-bond donors (Lipinski definition) is 3. The molecular formula is C12H22N4O2. The molecule has 6 nitrogen and oxygen atoms in total. The number of nitrogen functional groups attached to an aromatic ring is 1. The van der Waals surface area contributed by atoms with Gasteiger partial charge in [0.05, 0.1) is 13.2 Å². The molecule has 0 unspecified atom stereocenters.